The topological polar surface area (TPSA) is 42.0 Å². The molecule has 1 N–H and O–H groups in total. The molecule has 0 unspecified atom stereocenters. The third kappa shape index (κ3) is 4.19. The Bertz CT molecular complexity index is 719. The van der Waals surface area contributed by atoms with Crippen LogP contribution in [0.5, 0.6) is 0 Å². The minimum Gasteiger partial charge on any atom is -0.350 e. The van der Waals surface area contributed by atoms with E-state index < -0.39 is 29.2 Å². The summed E-state index contributed by atoms with van der Waals surface area (Å²) in [6.45, 7) is -0.0516. The van der Waals surface area contributed by atoms with Crippen molar-refractivity contribution in [3.63, 3.8) is 0 Å². The summed E-state index contributed by atoms with van der Waals surface area (Å²) < 4.78 is 52.1. The molecule has 0 radical (unpaired) electrons. The zero-order valence-corrected chi connectivity index (χ0v) is 12.4. The molecule has 0 aliphatic heterocycles. The van der Waals surface area contributed by atoms with Gasteiger partial charge in [-0.25, -0.2) is 4.39 Å². The smallest absolute Gasteiger partial charge is 0.350 e. The van der Waals surface area contributed by atoms with E-state index in [1.165, 1.54) is 12.1 Å². The largest absolute Gasteiger partial charge is 0.418 e. The predicted molar refractivity (Wildman–Crippen MR) is 76.7 cm³/mol. The maximum absolute atomic E-state index is 13.7. The van der Waals surface area contributed by atoms with Crippen molar-refractivity contribution in [1.29, 1.82) is 0 Å². The van der Waals surface area contributed by atoms with Crippen molar-refractivity contribution >= 4 is 17.5 Å². The lowest BCUT2D eigenvalue weighted by molar-refractivity contribution is -0.138. The first-order valence-electron chi connectivity index (χ1n) is 6.54. The first kappa shape index (κ1) is 17.2. The second kappa shape index (κ2) is 6.95. The maximum Gasteiger partial charge on any atom is 0.418 e. The van der Waals surface area contributed by atoms with E-state index in [1.54, 1.807) is 6.07 Å². The highest BCUT2D eigenvalue weighted by Crippen LogP contribution is 2.30. The lowest BCUT2D eigenvalue weighted by atomic mass is 10.1. The number of amides is 1. The molecule has 0 fully saturated rings. The average Bonchev–Trinajstić information content (AvgIpc) is 2.50. The summed E-state index contributed by atoms with van der Waals surface area (Å²) >= 11 is 5.62. The first-order valence-corrected chi connectivity index (χ1v) is 6.92. The normalized spacial score (nSPS) is 11.3. The number of rotatable bonds is 4. The molecule has 122 valence electrons. The molecule has 0 bridgehead atoms. The van der Waals surface area contributed by atoms with Gasteiger partial charge in [0, 0.05) is 12.7 Å². The highest BCUT2D eigenvalue weighted by atomic mass is 35.5. The Balaban J connectivity index is 2.05. The number of pyridine rings is 1. The summed E-state index contributed by atoms with van der Waals surface area (Å²) in [5.74, 6) is -1.59. The first-order chi connectivity index (χ1) is 10.8. The third-order valence-electron chi connectivity index (χ3n) is 3.04. The van der Waals surface area contributed by atoms with Gasteiger partial charge in [0.25, 0.3) is 5.91 Å². The number of benzene rings is 1. The van der Waals surface area contributed by atoms with Gasteiger partial charge in [-0.05, 0) is 30.2 Å². The highest BCUT2D eigenvalue weighted by molar-refractivity contribution is 6.30. The van der Waals surface area contributed by atoms with Gasteiger partial charge >= 0.3 is 6.18 Å². The van der Waals surface area contributed by atoms with Crippen molar-refractivity contribution in [3.05, 3.63) is 64.2 Å². The number of hydrogen-bond acceptors (Lipinski definition) is 2. The number of hydrogen-bond donors (Lipinski definition) is 1. The molecule has 0 atom stereocenters. The van der Waals surface area contributed by atoms with E-state index in [0.29, 0.717) is 0 Å². The van der Waals surface area contributed by atoms with Crippen LogP contribution in [-0.4, -0.2) is 17.4 Å². The molecular weight excluding hydrogens is 336 g/mol. The molecule has 2 rings (SSSR count). The number of nitrogens with zero attached hydrogens (tertiary/aromatic N) is 1. The summed E-state index contributed by atoms with van der Waals surface area (Å²) in [6.07, 6.45) is -3.49. The molecule has 0 aliphatic rings. The van der Waals surface area contributed by atoms with Crippen molar-refractivity contribution in [1.82, 2.24) is 10.3 Å². The van der Waals surface area contributed by atoms with Crippen LogP contribution in [0, 0.1) is 5.82 Å². The monoisotopic (exact) mass is 346 g/mol. The van der Waals surface area contributed by atoms with Gasteiger partial charge in [0.15, 0.2) is 0 Å². The Kier molecular flexibility index (Phi) is 5.20. The van der Waals surface area contributed by atoms with E-state index in [1.807, 2.05) is 0 Å². The van der Waals surface area contributed by atoms with Crippen molar-refractivity contribution in [2.24, 2.45) is 0 Å². The van der Waals surface area contributed by atoms with Crippen molar-refractivity contribution in [3.8, 4) is 0 Å². The molecule has 1 aromatic carbocycles. The highest BCUT2D eigenvalue weighted by Gasteiger charge is 2.35. The summed E-state index contributed by atoms with van der Waals surface area (Å²) in [6, 6.07) is 6.28. The van der Waals surface area contributed by atoms with Crippen LogP contribution >= 0.6 is 11.6 Å². The Morgan fingerprint density at radius 3 is 2.65 bits per heavy atom. The maximum atomic E-state index is 13.7. The summed E-state index contributed by atoms with van der Waals surface area (Å²) in [5, 5.41) is 2.24. The molecule has 8 heteroatoms. The van der Waals surface area contributed by atoms with Crippen LogP contribution < -0.4 is 5.32 Å². The van der Waals surface area contributed by atoms with Crippen LogP contribution in [0.4, 0.5) is 17.6 Å². The molecular formula is C15H11ClF4N2O. The molecule has 23 heavy (non-hydrogen) atoms. The standard InChI is InChI=1S/C15H11ClF4N2O/c16-11-5-1-3-9(12(11)17)6-8-22-14(23)13-10(15(18,19)20)4-2-7-21-13/h1-5,7H,6,8H2,(H,22,23). The number of alkyl halides is 3. The van der Waals surface area contributed by atoms with E-state index in [2.05, 4.69) is 10.3 Å². The van der Waals surface area contributed by atoms with Crippen molar-refractivity contribution < 1.29 is 22.4 Å². The van der Waals surface area contributed by atoms with Crippen molar-refractivity contribution in [2.75, 3.05) is 6.54 Å². The van der Waals surface area contributed by atoms with Gasteiger partial charge in [0.1, 0.15) is 11.5 Å². The summed E-state index contributed by atoms with van der Waals surface area (Å²) in [5.41, 5.74) is -1.58. The molecule has 1 aromatic heterocycles. The van der Waals surface area contributed by atoms with E-state index in [4.69, 9.17) is 11.6 Å². The van der Waals surface area contributed by atoms with Crippen LogP contribution in [0.1, 0.15) is 21.6 Å². The lowest BCUT2D eigenvalue weighted by Gasteiger charge is -2.11. The van der Waals surface area contributed by atoms with Gasteiger partial charge in [0.05, 0.1) is 10.6 Å². The number of aromatic nitrogens is 1. The van der Waals surface area contributed by atoms with Crippen LogP contribution in [-0.2, 0) is 12.6 Å². The van der Waals surface area contributed by atoms with Crippen LogP contribution in [0.2, 0.25) is 5.02 Å². The fourth-order valence-corrected chi connectivity index (χ4v) is 2.15. The van der Waals surface area contributed by atoms with Gasteiger partial charge in [-0.2, -0.15) is 13.2 Å². The molecule has 2 aromatic rings. The molecule has 0 saturated carbocycles. The second-order valence-corrected chi connectivity index (χ2v) is 5.02. The van der Waals surface area contributed by atoms with Gasteiger partial charge in [-0.1, -0.05) is 23.7 Å². The van der Waals surface area contributed by atoms with Crippen LogP contribution in [0.15, 0.2) is 36.5 Å². The minimum atomic E-state index is -4.68. The molecule has 3 nitrogen and oxygen atoms in total. The predicted octanol–water partition coefficient (Wildman–Crippen LogP) is 3.87. The SMILES string of the molecule is O=C(NCCc1cccc(Cl)c1F)c1ncccc1C(F)(F)F. The molecule has 1 amide bonds. The Labute approximate surface area is 134 Å². The van der Waals surface area contributed by atoms with Gasteiger partial charge < -0.3 is 5.32 Å². The molecule has 1 heterocycles. The van der Waals surface area contributed by atoms with E-state index in [-0.39, 0.29) is 23.6 Å². The Morgan fingerprint density at radius 1 is 1.22 bits per heavy atom. The van der Waals surface area contributed by atoms with E-state index in [0.717, 1.165) is 18.3 Å². The fraction of sp³-hybridized carbons (Fsp3) is 0.200. The van der Waals surface area contributed by atoms with Gasteiger partial charge in [0.2, 0.25) is 0 Å². The summed E-state index contributed by atoms with van der Waals surface area (Å²) in [4.78, 5) is 15.3. The van der Waals surface area contributed by atoms with Crippen LogP contribution in [0.3, 0.4) is 0 Å². The zero-order chi connectivity index (χ0) is 17.0. The molecule has 0 spiro atoms. The molecule has 0 saturated heterocycles. The van der Waals surface area contributed by atoms with E-state index >= 15 is 0 Å². The second-order valence-electron chi connectivity index (χ2n) is 4.62. The Morgan fingerprint density at radius 2 is 1.96 bits per heavy atom. The summed E-state index contributed by atoms with van der Waals surface area (Å²) in [7, 11) is 0. The number of halogens is 5. The zero-order valence-electron chi connectivity index (χ0n) is 11.6. The lowest BCUT2D eigenvalue weighted by Crippen LogP contribution is -2.29. The van der Waals surface area contributed by atoms with E-state index in [9.17, 15) is 22.4 Å². The minimum absolute atomic E-state index is 0.0516. The van der Waals surface area contributed by atoms with Crippen molar-refractivity contribution in [2.45, 2.75) is 12.6 Å². The quantitative estimate of drug-likeness (QED) is 0.854. The number of nitrogens with one attached hydrogen (secondary N) is 1. The fourth-order valence-electron chi connectivity index (χ4n) is 1.95. The number of carbonyl (C=O) groups is 1. The molecule has 0 aliphatic carbocycles. The number of carbonyl (C=O) groups excluding carboxylic acids is 1. The average molecular weight is 347 g/mol. The third-order valence-corrected chi connectivity index (χ3v) is 3.33. The van der Waals surface area contributed by atoms with Crippen LogP contribution in [0.25, 0.3) is 0 Å². The van der Waals surface area contributed by atoms with Gasteiger partial charge in [-0.15, -0.1) is 0 Å². The van der Waals surface area contributed by atoms with Gasteiger partial charge in [-0.3, -0.25) is 9.78 Å². The Hall–Kier alpha value is -2.15.